The Labute approximate surface area is 361 Å². The lowest BCUT2D eigenvalue weighted by molar-refractivity contribution is -0.216. The Morgan fingerprint density at radius 3 is 0.887 bits per heavy atom. The minimum atomic E-state index is -1.62. The largest absolute Gasteiger partial charge is 0.460 e. The molecule has 0 spiro atoms. The number of ether oxygens (including phenoxy) is 10. The second kappa shape index (κ2) is 31.4. The van der Waals surface area contributed by atoms with Gasteiger partial charge in [0, 0.05) is 27.9 Å². The van der Waals surface area contributed by atoms with Crippen LogP contribution in [0, 0.1) is 0 Å². The third-order valence-electron chi connectivity index (χ3n) is 7.57. The lowest BCUT2D eigenvalue weighted by Crippen LogP contribution is -2.54. The predicted molar refractivity (Wildman–Crippen MR) is 216 cm³/mol. The molecule has 0 fully saturated rings. The highest BCUT2D eigenvalue weighted by Crippen LogP contribution is 2.21. The van der Waals surface area contributed by atoms with E-state index in [2.05, 4.69) is 32.9 Å². The number of aliphatic hydroxyl groups is 6. The van der Waals surface area contributed by atoms with Gasteiger partial charge in [-0.15, -0.1) is 0 Å². The molecule has 0 saturated heterocycles. The van der Waals surface area contributed by atoms with Gasteiger partial charge in [0.15, 0.2) is 0 Å². The molecular formula is C41H64O21. The van der Waals surface area contributed by atoms with E-state index in [1.165, 1.54) is 34.6 Å². The summed E-state index contributed by atoms with van der Waals surface area (Å²) >= 11 is 0. The van der Waals surface area contributed by atoms with Gasteiger partial charge < -0.3 is 78.0 Å². The maximum atomic E-state index is 12.0. The first-order valence-corrected chi connectivity index (χ1v) is 19.2. The van der Waals surface area contributed by atoms with Gasteiger partial charge in [0.05, 0.1) is 46.2 Å². The summed E-state index contributed by atoms with van der Waals surface area (Å²) in [6, 6.07) is 0. The second-order valence-electron chi connectivity index (χ2n) is 14.2. The van der Waals surface area contributed by atoms with E-state index in [0.717, 1.165) is 0 Å². The van der Waals surface area contributed by atoms with Crippen molar-refractivity contribution in [2.24, 2.45) is 0 Å². The van der Waals surface area contributed by atoms with E-state index < -0.39 is 164 Å². The van der Waals surface area contributed by atoms with Crippen molar-refractivity contribution in [1.29, 1.82) is 0 Å². The molecule has 0 heterocycles. The Morgan fingerprint density at radius 1 is 0.371 bits per heavy atom. The van der Waals surface area contributed by atoms with Gasteiger partial charge in [0.25, 0.3) is 0 Å². The zero-order valence-corrected chi connectivity index (χ0v) is 36.0. The van der Waals surface area contributed by atoms with Gasteiger partial charge in [-0.2, -0.15) is 0 Å². The van der Waals surface area contributed by atoms with Crippen molar-refractivity contribution in [2.75, 3.05) is 79.3 Å². The Balaban J connectivity index is 7.00. The molecule has 9 atom stereocenters. The molecule has 0 amide bonds. The summed E-state index contributed by atoms with van der Waals surface area (Å²) in [7, 11) is 0. The van der Waals surface area contributed by atoms with Gasteiger partial charge in [0.2, 0.25) is 0 Å². The molecule has 354 valence electrons. The maximum absolute atomic E-state index is 12.0. The van der Waals surface area contributed by atoms with Crippen LogP contribution in [0.15, 0.2) is 60.8 Å². The summed E-state index contributed by atoms with van der Waals surface area (Å²) in [4.78, 5) is 59.8. The fraction of sp³-hybridized carbons (Fsp3) is 0.634. The van der Waals surface area contributed by atoms with E-state index >= 15 is 0 Å². The highest BCUT2D eigenvalue weighted by atomic mass is 16.6. The van der Waals surface area contributed by atoms with Gasteiger partial charge in [-0.05, 0) is 34.6 Å². The lowest BCUT2D eigenvalue weighted by Gasteiger charge is -2.38. The molecule has 0 radical (unpaired) electrons. The predicted octanol–water partition coefficient (Wildman–Crippen LogP) is -1.06. The molecule has 62 heavy (non-hydrogen) atoms. The van der Waals surface area contributed by atoms with Crippen LogP contribution in [0.4, 0.5) is 0 Å². The van der Waals surface area contributed by atoms with Crippen LogP contribution >= 0.6 is 0 Å². The molecule has 0 aromatic heterocycles. The Bertz CT molecular complexity index is 1490. The number of carbonyl (C=O) groups excluding carboxylic acids is 5. The first kappa shape index (κ1) is 57.6. The average Bonchev–Trinajstić information content (AvgIpc) is 3.21. The quantitative estimate of drug-likeness (QED) is 0.0251. The van der Waals surface area contributed by atoms with Crippen molar-refractivity contribution in [3.8, 4) is 0 Å². The van der Waals surface area contributed by atoms with Crippen molar-refractivity contribution in [1.82, 2.24) is 0 Å². The number of esters is 5. The highest BCUT2D eigenvalue weighted by molar-refractivity contribution is 5.88. The molecule has 0 bridgehead atoms. The fourth-order valence-electron chi connectivity index (χ4n) is 4.27. The Kier molecular flexibility index (Phi) is 29.2. The van der Waals surface area contributed by atoms with Crippen molar-refractivity contribution in [3.63, 3.8) is 0 Å². The van der Waals surface area contributed by atoms with Gasteiger partial charge in [0.1, 0.15) is 88.0 Å². The molecule has 6 N–H and O–H groups in total. The summed E-state index contributed by atoms with van der Waals surface area (Å²) in [6.45, 7) is 16.9. The number of carbonyl (C=O) groups is 5. The van der Waals surface area contributed by atoms with Gasteiger partial charge >= 0.3 is 29.8 Å². The standard InChI is InChI=1S/C41H64O21/c1-23(2)37(48)58-17-28(43)12-53-22-34(55-14-30(45)19-60-39(50)25(5)6)36(57-16-32(47)21-62-41(52)27(9)10)35(56-15-31(46)20-61-40(51)26(7)8)33(11-42)54-13-29(44)18-59-38(49)24(3)4/h28-36,42-47H,1,3,5,7,9,11-22H2,2,4,6,8,10H3/t28?,29?,30?,31?,32?,33-,34+,35-,36-/m1/s1. The first-order chi connectivity index (χ1) is 29.0. The van der Waals surface area contributed by atoms with E-state index in [9.17, 15) is 54.6 Å². The van der Waals surface area contributed by atoms with Gasteiger partial charge in [-0.1, -0.05) is 32.9 Å². The fourth-order valence-corrected chi connectivity index (χ4v) is 4.27. The minimum absolute atomic E-state index is 0.0335. The molecule has 5 unspecified atom stereocenters. The number of aliphatic hydroxyl groups excluding tert-OH is 6. The maximum Gasteiger partial charge on any atom is 0.333 e. The first-order valence-electron chi connectivity index (χ1n) is 19.2. The molecule has 0 saturated carbocycles. The van der Waals surface area contributed by atoms with Crippen LogP contribution in [0.5, 0.6) is 0 Å². The summed E-state index contributed by atoms with van der Waals surface area (Å²) in [5, 5.41) is 63.9. The van der Waals surface area contributed by atoms with E-state index in [0.29, 0.717) is 0 Å². The normalized spacial score (nSPS) is 15.5. The van der Waals surface area contributed by atoms with Crippen molar-refractivity contribution >= 4 is 29.8 Å². The molecule has 21 nitrogen and oxygen atoms in total. The van der Waals surface area contributed by atoms with Crippen LogP contribution in [0.2, 0.25) is 0 Å². The van der Waals surface area contributed by atoms with Crippen molar-refractivity contribution in [3.05, 3.63) is 60.8 Å². The van der Waals surface area contributed by atoms with E-state index in [-0.39, 0.29) is 27.9 Å². The Morgan fingerprint density at radius 2 is 0.613 bits per heavy atom. The molecular weight excluding hydrogens is 828 g/mol. The molecule has 0 aromatic rings. The van der Waals surface area contributed by atoms with Crippen LogP contribution < -0.4 is 0 Å². The molecule has 0 rings (SSSR count). The van der Waals surface area contributed by atoms with Crippen LogP contribution in [0.1, 0.15) is 34.6 Å². The Hall–Kier alpha value is -4.39. The lowest BCUT2D eigenvalue weighted by atomic mass is 10.0. The van der Waals surface area contributed by atoms with Gasteiger partial charge in [-0.3, -0.25) is 0 Å². The highest BCUT2D eigenvalue weighted by Gasteiger charge is 2.40. The van der Waals surface area contributed by atoms with E-state index in [1.807, 2.05) is 0 Å². The average molecular weight is 893 g/mol. The van der Waals surface area contributed by atoms with Crippen LogP contribution in [-0.2, 0) is 71.3 Å². The van der Waals surface area contributed by atoms with Crippen LogP contribution in [0.25, 0.3) is 0 Å². The molecule has 0 aliphatic carbocycles. The van der Waals surface area contributed by atoms with Gasteiger partial charge in [-0.25, -0.2) is 24.0 Å². The van der Waals surface area contributed by atoms with Crippen LogP contribution in [-0.4, -0.2) is 195 Å². The number of rotatable bonds is 35. The van der Waals surface area contributed by atoms with Crippen molar-refractivity contribution in [2.45, 2.75) is 89.6 Å². The third-order valence-corrected chi connectivity index (χ3v) is 7.57. The molecule has 0 aromatic carbocycles. The summed E-state index contributed by atoms with van der Waals surface area (Å²) < 4.78 is 54.5. The zero-order chi connectivity index (χ0) is 47.5. The summed E-state index contributed by atoms with van der Waals surface area (Å²) in [6.07, 6.45) is -13.7. The topological polar surface area (TPSA) is 299 Å². The minimum Gasteiger partial charge on any atom is -0.460 e. The summed E-state index contributed by atoms with van der Waals surface area (Å²) in [5.41, 5.74) is 0.238. The number of hydrogen-bond donors (Lipinski definition) is 6. The molecule has 0 aliphatic rings. The van der Waals surface area contributed by atoms with E-state index in [1.54, 1.807) is 0 Å². The van der Waals surface area contributed by atoms with E-state index in [4.69, 9.17) is 47.4 Å². The smallest absolute Gasteiger partial charge is 0.333 e. The molecule has 21 heteroatoms. The SMILES string of the molecule is C=C(C)C(=O)OCC(O)COC[C@H](OCC(O)COC(=O)C(=C)C)[C@@H](OCC(O)COC(=O)C(=C)C)[C@H](OCC(O)COC(=O)C(=C)C)[C@@H](CO)OCC(O)COC(=O)C(=C)C. The monoisotopic (exact) mass is 892 g/mol. The van der Waals surface area contributed by atoms with Crippen molar-refractivity contribution < 1.29 is 102 Å². The van der Waals surface area contributed by atoms with Crippen LogP contribution in [0.3, 0.4) is 0 Å². The third kappa shape index (κ3) is 25.5. The molecule has 0 aliphatic heterocycles. The second-order valence-corrected chi connectivity index (χ2v) is 14.2. The number of hydrogen-bond acceptors (Lipinski definition) is 21. The zero-order valence-electron chi connectivity index (χ0n) is 36.0. The summed E-state index contributed by atoms with van der Waals surface area (Å²) in [5.74, 6) is -4.04.